The number of hydrogen-bond acceptors (Lipinski definition) is 5. The largest absolute Gasteiger partial charge is 0.493 e. The molecular weight excluding hydrogens is 324 g/mol. The Morgan fingerprint density at radius 3 is 2.80 bits per heavy atom. The molecule has 3 rings (SSSR count). The molecule has 0 aliphatic carbocycles. The minimum Gasteiger partial charge on any atom is -0.493 e. The van der Waals surface area contributed by atoms with Gasteiger partial charge in [0.1, 0.15) is 12.4 Å². The average Bonchev–Trinajstić information content (AvgIpc) is 2.63. The highest BCUT2D eigenvalue weighted by molar-refractivity contribution is 6.14. The standard InChI is InChI=1S/C19H16O6/c1-23-17-9-12(6-7-16(17)25-11-18(20)21)8-13-10-24-15-5-3-2-4-14(15)19(13)22/h2-9H,10-11H2,1H3,(H,20,21). The van der Waals surface area contributed by atoms with E-state index in [1.807, 2.05) is 6.07 Å². The van der Waals surface area contributed by atoms with E-state index in [0.717, 1.165) is 5.56 Å². The van der Waals surface area contributed by atoms with Gasteiger partial charge in [0.15, 0.2) is 23.9 Å². The van der Waals surface area contributed by atoms with Gasteiger partial charge in [0.25, 0.3) is 0 Å². The van der Waals surface area contributed by atoms with Gasteiger partial charge in [-0.1, -0.05) is 18.2 Å². The van der Waals surface area contributed by atoms with Gasteiger partial charge in [0.05, 0.1) is 12.7 Å². The lowest BCUT2D eigenvalue weighted by molar-refractivity contribution is -0.139. The van der Waals surface area contributed by atoms with E-state index in [2.05, 4.69) is 0 Å². The van der Waals surface area contributed by atoms with Crippen LogP contribution in [-0.2, 0) is 4.79 Å². The number of aliphatic carboxylic acids is 1. The molecule has 0 saturated heterocycles. The lowest BCUT2D eigenvalue weighted by Crippen LogP contribution is -2.18. The third-order valence-electron chi connectivity index (χ3n) is 3.69. The molecular formula is C19H16O6. The Hall–Kier alpha value is -3.28. The number of hydrogen-bond donors (Lipinski definition) is 1. The van der Waals surface area contributed by atoms with E-state index < -0.39 is 12.6 Å². The van der Waals surface area contributed by atoms with Crippen LogP contribution in [0.5, 0.6) is 17.2 Å². The van der Waals surface area contributed by atoms with E-state index >= 15 is 0 Å². The van der Waals surface area contributed by atoms with Crippen molar-refractivity contribution in [3.8, 4) is 17.2 Å². The van der Waals surface area contributed by atoms with Crippen LogP contribution in [0, 0.1) is 0 Å². The Balaban J connectivity index is 1.86. The summed E-state index contributed by atoms with van der Waals surface area (Å²) < 4.78 is 16.0. The summed E-state index contributed by atoms with van der Waals surface area (Å²) in [5, 5.41) is 8.69. The number of ether oxygens (including phenoxy) is 3. The lowest BCUT2D eigenvalue weighted by atomic mass is 9.98. The van der Waals surface area contributed by atoms with Crippen molar-refractivity contribution in [2.75, 3.05) is 20.3 Å². The molecule has 6 heteroatoms. The van der Waals surface area contributed by atoms with Crippen molar-refractivity contribution in [2.45, 2.75) is 0 Å². The Morgan fingerprint density at radius 1 is 1.24 bits per heavy atom. The van der Waals surface area contributed by atoms with Gasteiger partial charge in [0, 0.05) is 5.57 Å². The van der Waals surface area contributed by atoms with E-state index in [1.165, 1.54) is 7.11 Å². The first-order valence-corrected chi connectivity index (χ1v) is 7.58. The second-order valence-corrected chi connectivity index (χ2v) is 5.38. The number of Topliss-reactive ketones (excluding diaryl/α,β-unsaturated/α-hetero) is 1. The van der Waals surface area contributed by atoms with Crippen LogP contribution >= 0.6 is 0 Å². The second-order valence-electron chi connectivity index (χ2n) is 5.38. The number of benzene rings is 2. The molecule has 0 saturated carbocycles. The van der Waals surface area contributed by atoms with Gasteiger partial charge in [-0.2, -0.15) is 0 Å². The third kappa shape index (κ3) is 3.63. The quantitative estimate of drug-likeness (QED) is 0.843. The van der Waals surface area contributed by atoms with Crippen LogP contribution in [-0.4, -0.2) is 37.2 Å². The Kier molecular flexibility index (Phi) is 4.70. The summed E-state index contributed by atoms with van der Waals surface area (Å²) in [6, 6.07) is 12.1. The van der Waals surface area contributed by atoms with Crippen molar-refractivity contribution in [3.63, 3.8) is 0 Å². The molecule has 6 nitrogen and oxygen atoms in total. The zero-order valence-electron chi connectivity index (χ0n) is 13.5. The highest BCUT2D eigenvalue weighted by Crippen LogP contribution is 2.31. The number of methoxy groups -OCH3 is 1. The third-order valence-corrected chi connectivity index (χ3v) is 3.69. The minimum absolute atomic E-state index is 0.0768. The predicted molar refractivity (Wildman–Crippen MR) is 90.4 cm³/mol. The van der Waals surface area contributed by atoms with Crippen LogP contribution in [0.3, 0.4) is 0 Å². The molecule has 1 aliphatic heterocycles. The fourth-order valence-electron chi connectivity index (χ4n) is 2.52. The van der Waals surface area contributed by atoms with Crippen molar-refractivity contribution in [1.29, 1.82) is 0 Å². The molecule has 0 radical (unpaired) electrons. The van der Waals surface area contributed by atoms with Crippen LogP contribution in [0.25, 0.3) is 6.08 Å². The fourth-order valence-corrected chi connectivity index (χ4v) is 2.52. The van der Waals surface area contributed by atoms with Gasteiger partial charge >= 0.3 is 5.97 Å². The summed E-state index contributed by atoms with van der Waals surface area (Å²) in [6.45, 7) is -0.269. The molecule has 2 aromatic rings. The number of fused-ring (bicyclic) bond motifs is 1. The molecule has 0 atom stereocenters. The Morgan fingerprint density at radius 2 is 2.04 bits per heavy atom. The first-order chi connectivity index (χ1) is 12.1. The van der Waals surface area contributed by atoms with Gasteiger partial charge in [-0.15, -0.1) is 0 Å². The Labute approximate surface area is 144 Å². The molecule has 25 heavy (non-hydrogen) atoms. The SMILES string of the molecule is COc1cc(C=C2COc3ccccc3C2=O)ccc1OCC(=O)O. The molecule has 0 amide bonds. The van der Waals surface area contributed by atoms with E-state index in [0.29, 0.717) is 28.4 Å². The van der Waals surface area contributed by atoms with Gasteiger partial charge in [-0.3, -0.25) is 4.79 Å². The molecule has 1 N–H and O–H groups in total. The normalized spacial score (nSPS) is 14.6. The van der Waals surface area contributed by atoms with Crippen LogP contribution in [0.15, 0.2) is 48.0 Å². The van der Waals surface area contributed by atoms with Crippen molar-refractivity contribution >= 4 is 17.8 Å². The zero-order chi connectivity index (χ0) is 17.8. The van der Waals surface area contributed by atoms with Gasteiger partial charge in [-0.25, -0.2) is 4.79 Å². The molecule has 0 bridgehead atoms. The smallest absolute Gasteiger partial charge is 0.341 e. The van der Waals surface area contributed by atoms with E-state index in [9.17, 15) is 9.59 Å². The van der Waals surface area contributed by atoms with Crippen molar-refractivity contribution in [2.24, 2.45) is 0 Å². The Bertz CT molecular complexity index is 853. The summed E-state index contributed by atoms with van der Waals surface area (Å²) in [4.78, 5) is 23.2. The van der Waals surface area contributed by atoms with Crippen LogP contribution in [0.4, 0.5) is 0 Å². The summed E-state index contributed by atoms with van der Waals surface area (Å²) in [5.41, 5.74) is 1.79. The maximum atomic E-state index is 12.6. The van der Waals surface area contributed by atoms with Crippen molar-refractivity contribution < 1.29 is 28.9 Å². The zero-order valence-corrected chi connectivity index (χ0v) is 13.5. The number of carbonyl (C=O) groups is 2. The van der Waals surface area contributed by atoms with E-state index in [4.69, 9.17) is 19.3 Å². The topological polar surface area (TPSA) is 82.1 Å². The van der Waals surface area contributed by atoms with E-state index in [-0.39, 0.29) is 12.4 Å². The lowest BCUT2D eigenvalue weighted by Gasteiger charge is -2.18. The number of para-hydroxylation sites is 1. The molecule has 1 heterocycles. The van der Waals surface area contributed by atoms with Crippen molar-refractivity contribution in [3.05, 3.63) is 59.2 Å². The molecule has 1 aliphatic rings. The summed E-state index contributed by atoms with van der Waals surface area (Å²) in [7, 11) is 1.46. The highest BCUT2D eigenvalue weighted by Gasteiger charge is 2.22. The number of carbonyl (C=O) groups excluding carboxylic acids is 1. The number of ketones is 1. The molecule has 0 aromatic heterocycles. The maximum Gasteiger partial charge on any atom is 0.341 e. The average molecular weight is 340 g/mol. The minimum atomic E-state index is -1.07. The van der Waals surface area contributed by atoms with Crippen molar-refractivity contribution in [1.82, 2.24) is 0 Å². The van der Waals surface area contributed by atoms with Gasteiger partial charge < -0.3 is 19.3 Å². The van der Waals surface area contributed by atoms with E-state index in [1.54, 1.807) is 42.5 Å². The molecule has 0 unspecified atom stereocenters. The van der Waals surface area contributed by atoms with Crippen LogP contribution in [0.2, 0.25) is 0 Å². The number of rotatable bonds is 5. The van der Waals surface area contributed by atoms with Gasteiger partial charge in [0.2, 0.25) is 0 Å². The number of carboxylic acid groups (broad SMARTS) is 1. The highest BCUT2D eigenvalue weighted by atomic mass is 16.5. The van der Waals surface area contributed by atoms with Crippen LogP contribution in [0.1, 0.15) is 15.9 Å². The second kappa shape index (κ2) is 7.09. The summed E-state index contributed by atoms with van der Waals surface area (Å²) >= 11 is 0. The predicted octanol–water partition coefficient (Wildman–Crippen LogP) is 2.82. The molecule has 2 aromatic carbocycles. The van der Waals surface area contributed by atoms with Gasteiger partial charge in [-0.05, 0) is 35.9 Å². The molecule has 0 fully saturated rings. The summed E-state index contributed by atoms with van der Waals surface area (Å²) in [5.74, 6) is 0.146. The fraction of sp³-hybridized carbons (Fsp3) is 0.158. The maximum absolute atomic E-state index is 12.6. The first-order valence-electron chi connectivity index (χ1n) is 7.58. The summed E-state index contributed by atoms with van der Waals surface area (Å²) in [6.07, 6.45) is 1.72. The van der Waals surface area contributed by atoms with Crippen LogP contribution < -0.4 is 14.2 Å². The molecule has 128 valence electrons. The monoisotopic (exact) mass is 340 g/mol. The number of carboxylic acids is 1. The first kappa shape index (κ1) is 16.6. The molecule has 0 spiro atoms.